The second kappa shape index (κ2) is 3.40. The maximum Gasteiger partial charge on any atom is 0.265 e. The van der Waals surface area contributed by atoms with Crippen LogP contribution in [0.15, 0.2) is 12.7 Å². The van der Waals surface area contributed by atoms with Crippen molar-refractivity contribution in [3.8, 4) is 0 Å². The molecule has 0 spiro atoms. The molecule has 0 aromatic heterocycles. The fourth-order valence-electron chi connectivity index (χ4n) is 1.25. The maximum absolute atomic E-state index is 10.9. The van der Waals surface area contributed by atoms with Crippen LogP contribution in [0.4, 0.5) is 0 Å². The molecule has 0 saturated heterocycles. The van der Waals surface area contributed by atoms with Gasteiger partial charge in [-0.15, -0.1) is 6.58 Å². The van der Waals surface area contributed by atoms with Gasteiger partial charge in [0, 0.05) is 13.0 Å². The largest absolute Gasteiger partial charge is 0.375 e. The van der Waals surface area contributed by atoms with Crippen LogP contribution in [0.2, 0.25) is 0 Å². The Morgan fingerprint density at radius 2 is 2.31 bits per heavy atom. The minimum absolute atomic E-state index is 0.162. The van der Waals surface area contributed by atoms with E-state index < -0.39 is 15.7 Å². The van der Waals surface area contributed by atoms with Gasteiger partial charge in [-0.3, -0.25) is 4.18 Å². The molecule has 0 unspecified atom stereocenters. The fraction of sp³-hybridized carbons (Fsp3) is 0.750. The smallest absolute Gasteiger partial charge is 0.265 e. The van der Waals surface area contributed by atoms with E-state index in [4.69, 9.17) is 8.92 Å². The van der Waals surface area contributed by atoms with E-state index in [1.165, 1.54) is 6.08 Å². The van der Waals surface area contributed by atoms with Gasteiger partial charge in [0.2, 0.25) is 0 Å². The van der Waals surface area contributed by atoms with Gasteiger partial charge in [-0.05, 0) is 6.92 Å². The van der Waals surface area contributed by atoms with E-state index in [0.29, 0.717) is 13.0 Å². The van der Waals surface area contributed by atoms with Gasteiger partial charge < -0.3 is 4.74 Å². The summed E-state index contributed by atoms with van der Waals surface area (Å²) >= 11 is 0. The van der Waals surface area contributed by atoms with Crippen LogP contribution in [0.25, 0.3) is 0 Å². The zero-order chi connectivity index (χ0) is 10.1. The summed E-state index contributed by atoms with van der Waals surface area (Å²) < 4.78 is 31.9. The first-order chi connectivity index (χ1) is 5.93. The van der Waals surface area contributed by atoms with Gasteiger partial charge in [-0.2, -0.15) is 8.42 Å². The zero-order valence-electron chi connectivity index (χ0n) is 7.82. The monoisotopic (exact) mass is 206 g/mol. The van der Waals surface area contributed by atoms with Crippen molar-refractivity contribution in [2.24, 2.45) is 0 Å². The summed E-state index contributed by atoms with van der Waals surface area (Å²) in [6.07, 6.45) is 2.93. The maximum atomic E-state index is 10.9. The molecule has 0 bridgehead atoms. The Morgan fingerprint density at radius 1 is 1.69 bits per heavy atom. The minimum Gasteiger partial charge on any atom is -0.375 e. The first-order valence-corrected chi connectivity index (χ1v) is 5.91. The van der Waals surface area contributed by atoms with Gasteiger partial charge >= 0.3 is 0 Å². The summed E-state index contributed by atoms with van der Waals surface area (Å²) in [5.41, 5.74) is -0.802. The summed E-state index contributed by atoms with van der Waals surface area (Å²) in [4.78, 5) is 0. The van der Waals surface area contributed by atoms with Crippen molar-refractivity contribution in [3.63, 3.8) is 0 Å². The van der Waals surface area contributed by atoms with Crippen molar-refractivity contribution >= 4 is 10.1 Å². The van der Waals surface area contributed by atoms with Crippen molar-refractivity contribution < 1.29 is 17.3 Å². The van der Waals surface area contributed by atoms with Crippen LogP contribution in [0.5, 0.6) is 0 Å². The van der Waals surface area contributed by atoms with E-state index in [0.717, 1.165) is 6.26 Å². The van der Waals surface area contributed by atoms with Gasteiger partial charge in [0.15, 0.2) is 0 Å². The molecule has 4 nitrogen and oxygen atoms in total. The second-order valence-electron chi connectivity index (χ2n) is 3.09. The van der Waals surface area contributed by atoms with E-state index in [9.17, 15) is 8.42 Å². The SMILES string of the molecule is C=C[C@@]1(OS(C)(=O)=O)C[C@@H]1OCC. The molecule has 1 saturated carbocycles. The number of hydrogen-bond acceptors (Lipinski definition) is 4. The highest BCUT2D eigenvalue weighted by molar-refractivity contribution is 7.86. The van der Waals surface area contributed by atoms with Gasteiger partial charge in [0.1, 0.15) is 5.60 Å². The highest BCUT2D eigenvalue weighted by Crippen LogP contribution is 2.44. The Balaban J connectivity index is 2.61. The molecule has 1 aliphatic carbocycles. The third-order valence-corrected chi connectivity index (χ3v) is 2.52. The van der Waals surface area contributed by atoms with E-state index in [1.807, 2.05) is 6.92 Å². The van der Waals surface area contributed by atoms with Crippen LogP contribution in [-0.2, 0) is 19.0 Å². The van der Waals surface area contributed by atoms with E-state index >= 15 is 0 Å². The molecule has 2 atom stereocenters. The summed E-state index contributed by atoms with van der Waals surface area (Å²) in [6, 6.07) is 0. The quantitative estimate of drug-likeness (QED) is 0.490. The predicted octanol–water partition coefficient (Wildman–Crippen LogP) is 0.696. The summed E-state index contributed by atoms with van der Waals surface area (Å²) in [6.45, 7) is 5.94. The molecule has 0 N–H and O–H groups in total. The minimum atomic E-state index is -3.43. The molecule has 0 heterocycles. The first-order valence-electron chi connectivity index (χ1n) is 4.09. The lowest BCUT2D eigenvalue weighted by molar-refractivity contribution is 0.0777. The summed E-state index contributed by atoms with van der Waals surface area (Å²) in [5, 5.41) is 0. The molecule has 0 aliphatic heterocycles. The van der Waals surface area contributed by atoms with Gasteiger partial charge in [-0.25, -0.2) is 0 Å². The van der Waals surface area contributed by atoms with Crippen LogP contribution in [0.3, 0.4) is 0 Å². The Hall–Kier alpha value is -0.390. The zero-order valence-corrected chi connectivity index (χ0v) is 8.63. The number of hydrogen-bond donors (Lipinski definition) is 0. The topological polar surface area (TPSA) is 52.6 Å². The van der Waals surface area contributed by atoms with Crippen LogP contribution in [0, 0.1) is 0 Å². The highest BCUT2D eigenvalue weighted by atomic mass is 32.2. The number of ether oxygens (including phenoxy) is 1. The molecule has 1 rings (SSSR count). The lowest BCUT2D eigenvalue weighted by atomic mass is 10.3. The molecule has 0 aromatic carbocycles. The van der Waals surface area contributed by atoms with Crippen molar-refractivity contribution in [3.05, 3.63) is 12.7 Å². The third kappa shape index (κ3) is 2.52. The predicted molar refractivity (Wildman–Crippen MR) is 48.9 cm³/mol. The lowest BCUT2D eigenvalue weighted by Gasteiger charge is -2.11. The number of rotatable bonds is 5. The van der Waals surface area contributed by atoms with E-state index in [-0.39, 0.29) is 6.10 Å². The summed E-state index contributed by atoms with van der Waals surface area (Å²) in [5.74, 6) is 0. The van der Waals surface area contributed by atoms with Crippen molar-refractivity contribution in [1.29, 1.82) is 0 Å². The molecular weight excluding hydrogens is 192 g/mol. The molecule has 0 radical (unpaired) electrons. The van der Waals surface area contributed by atoms with Crippen LogP contribution in [-0.4, -0.2) is 33.0 Å². The van der Waals surface area contributed by atoms with Crippen LogP contribution < -0.4 is 0 Å². The molecule has 76 valence electrons. The molecule has 13 heavy (non-hydrogen) atoms. The van der Waals surface area contributed by atoms with Crippen molar-refractivity contribution in [2.45, 2.75) is 25.0 Å². The summed E-state index contributed by atoms with van der Waals surface area (Å²) in [7, 11) is -3.43. The van der Waals surface area contributed by atoms with E-state index in [1.54, 1.807) is 0 Å². The molecule has 5 heteroatoms. The van der Waals surface area contributed by atoms with Crippen LogP contribution in [0.1, 0.15) is 13.3 Å². The molecule has 1 fully saturated rings. The lowest BCUT2D eigenvalue weighted by Crippen LogP contribution is -2.21. The standard InChI is InChI=1S/C8H14O4S/c1-4-8(12-13(3,9)10)6-7(8)11-5-2/h4,7H,1,5-6H2,2-3H3/t7-,8+/m0/s1. The fourth-order valence-corrected chi connectivity index (χ4v) is 2.06. The molecule has 0 amide bonds. The van der Waals surface area contributed by atoms with Gasteiger partial charge in [0.25, 0.3) is 10.1 Å². The van der Waals surface area contributed by atoms with Crippen molar-refractivity contribution in [1.82, 2.24) is 0 Å². The first kappa shape index (κ1) is 10.7. The molecular formula is C8H14O4S. The van der Waals surface area contributed by atoms with Crippen molar-refractivity contribution in [2.75, 3.05) is 12.9 Å². The Kier molecular flexibility index (Phi) is 2.79. The molecule has 1 aliphatic rings. The average Bonchev–Trinajstić information content (AvgIpc) is 2.61. The van der Waals surface area contributed by atoms with E-state index in [2.05, 4.69) is 6.58 Å². The Bertz CT molecular complexity index is 295. The van der Waals surface area contributed by atoms with Gasteiger partial charge in [-0.1, -0.05) is 6.08 Å². The average molecular weight is 206 g/mol. The normalized spacial score (nSPS) is 32.9. The highest BCUT2D eigenvalue weighted by Gasteiger charge is 2.57. The van der Waals surface area contributed by atoms with Crippen LogP contribution >= 0.6 is 0 Å². The third-order valence-electron chi connectivity index (χ3n) is 1.91. The van der Waals surface area contributed by atoms with Gasteiger partial charge in [0.05, 0.1) is 12.4 Å². The molecule has 0 aromatic rings. The Morgan fingerprint density at radius 3 is 2.69 bits per heavy atom. The second-order valence-corrected chi connectivity index (χ2v) is 4.67. The Labute approximate surface area is 78.7 Å².